The van der Waals surface area contributed by atoms with Crippen molar-refractivity contribution in [2.75, 3.05) is 12.0 Å². The Morgan fingerprint density at radius 1 is 1.44 bits per heavy atom. The molecule has 0 radical (unpaired) electrons. The van der Waals surface area contributed by atoms with Crippen LogP contribution in [0.5, 0.6) is 0 Å². The Kier molecular flexibility index (Phi) is 4.18. The fraction of sp³-hybridized carbons (Fsp3) is 0.700. The quantitative estimate of drug-likeness (QED) is 0.766. The number of H-pyrrole nitrogens is 1. The predicted octanol–water partition coefficient (Wildman–Crippen LogP) is 0.944. The SMILES string of the molecule is CSC1CCC(NS(=O)(=O)c2cn[nH]c2N)CC1. The van der Waals surface area contributed by atoms with E-state index in [4.69, 9.17) is 5.73 Å². The molecule has 18 heavy (non-hydrogen) atoms. The maximum atomic E-state index is 12.1. The van der Waals surface area contributed by atoms with Gasteiger partial charge in [-0.1, -0.05) is 0 Å². The molecule has 0 unspecified atom stereocenters. The van der Waals surface area contributed by atoms with Crippen LogP contribution in [0.4, 0.5) is 5.82 Å². The molecule has 1 aromatic heterocycles. The molecule has 0 atom stereocenters. The number of nitrogens with two attached hydrogens (primary N) is 1. The summed E-state index contributed by atoms with van der Waals surface area (Å²) < 4.78 is 26.9. The van der Waals surface area contributed by atoms with Crippen LogP contribution in [0, 0.1) is 0 Å². The minimum Gasteiger partial charge on any atom is -0.383 e. The normalized spacial score (nSPS) is 25.2. The molecular formula is C10H18N4O2S2. The molecule has 0 bridgehead atoms. The van der Waals surface area contributed by atoms with E-state index in [-0.39, 0.29) is 16.8 Å². The molecule has 0 aromatic carbocycles. The van der Waals surface area contributed by atoms with Crippen LogP contribution in [0.3, 0.4) is 0 Å². The van der Waals surface area contributed by atoms with E-state index in [1.54, 1.807) is 0 Å². The Balaban J connectivity index is 2.00. The van der Waals surface area contributed by atoms with E-state index in [2.05, 4.69) is 21.2 Å². The van der Waals surface area contributed by atoms with Crippen molar-refractivity contribution in [2.45, 2.75) is 41.9 Å². The molecule has 8 heteroatoms. The molecule has 1 aromatic rings. The summed E-state index contributed by atoms with van der Waals surface area (Å²) in [4.78, 5) is 0.0366. The summed E-state index contributed by atoms with van der Waals surface area (Å²) in [6.07, 6.45) is 7.20. The zero-order valence-corrected chi connectivity index (χ0v) is 11.9. The highest BCUT2D eigenvalue weighted by atomic mass is 32.2. The Hall–Kier alpha value is -0.730. The Morgan fingerprint density at radius 2 is 2.11 bits per heavy atom. The largest absolute Gasteiger partial charge is 0.383 e. The fourth-order valence-electron chi connectivity index (χ4n) is 2.20. The Morgan fingerprint density at radius 3 is 2.61 bits per heavy atom. The molecular weight excluding hydrogens is 272 g/mol. The van der Waals surface area contributed by atoms with Gasteiger partial charge in [-0.2, -0.15) is 16.9 Å². The minimum absolute atomic E-state index is 0.00713. The second kappa shape index (κ2) is 5.50. The van der Waals surface area contributed by atoms with E-state index >= 15 is 0 Å². The summed E-state index contributed by atoms with van der Waals surface area (Å²) in [5.74, 6) is 0.0836. The first-order chi connectivity index (χ1) is 8.53. The molecule has 1 fully saturated rings. The van der Waals surface area contributed by atoms with Crippen molar-refractivity contribution in [3.63, 3.8) is 0 Å². The molecule has 1 aliphatic carbocycles. The van der Waals surface area contributed by atoms with Crippen LogP contribution in [-0.2, 0) is 10.0 Å². The smallest absolute Gasteiger partial charge is 0.246 e. The molecule has 0 saturated heterocycles. The van der Waals surface area contributed by atoms with Gasteiger partial charge in [-0.05, 0) is 31.9 Å². The molecule has 0 amide bonds. The van der Waals surface area contributed by atoms with Gasteiger partial charge >= 0.3 is 0 Å². The van der Waals surface area contributed by atoms with E-state index in [1.807, 2.05) is 11.8 Å². The summed E-state index contributed by atoms with van der Waals surface area (Å²) in [5.41, 5.74) is 5.53. The van der Waals surface area contributed by atoms with E-state index in [0.717, 1.165) is 25.7 Å². The summed E-state index contributed by atoms with van der Waals surface area (Å²) in [7, 11) is -3.55. The van der Waals surface area contributed by atoms with Crippen LogP contribution in [0.2, 0.25) is 0 Å². The third-order valence-electron chi connectivity index (χ3n) is 3.25. The monoisotopic (exact) mass is 290 g/mol. The van der Waals surface area contributed by atoms with Crippen LogP contribution < -0.4 is 10.5 Å². The second-order valence-corrected chi connectivity index (χ2v) is 7.30. The predicted molar refractivity (Wildman–Crippen MR) is 72.9 cm³/mol. The first-order valence-electron chi connectivity index (χ1n) is 5.87. The summed E-state index contributed by atoms with van der Waals surface area (Å²) in [5, 5.41) is 6.72. The number of rotatable bonds is 4. The van der Waals surface area contributed by atoms with E-state index < -0.39 is 10.0 Å². The first-order valence-corrected chi connectivity index (χ1v) is 8.64. The number of anilines is 1. The van der Waals surface area contributed by atoms with Crippen molar-refractivity contribution >= 4 is 27.6 Å². The molecule has 102 valence electrons. The number of sulfonamides is 1. The van der Waals surface area contributed by atoms with Crippen molar-refractivity contribution in [2.24, 2.45) is 0 Å². The Bertz CT molecular complexity index is 492. The number of hydrogen-bond acceptors (Lipinski definition) is 5. The number of nitrogen functional groups attached to an aromatic ring is 1. The van der Waals surface area contributed by atoms with Gasteiger partial charge in [-0.3, -0.25) is 5.10 Å². The van der Waals surface area contributed by atoms with E-state index in [1.165, 1.54) is 6.20 Å². The summed E-state index contributed by atoms with van der Waals surface area (Å²) in [6.45, 7) is 0. The first kappa shape index (κ1) is 13.7. The average Bonchev–Trinajstić information content (AvgIpc) is 2.77. The number of nitrogens with zero attached hydrogens (tertiary/aromatic N) is 1. The van der Waals surface area contributed by atoms with Gasteiger partial charge in [-0.25, -0.2) is 13.1 Å². The van der Waals surface area contributed by atoms with Crippen LogP contribution in [0.15, 0.2) is 11.1 Å². The van der Waals surface area contributed by atoms with E-state index in [9.17, 15) is 8.42 Å². The third-order valence-corrected chi connectivity index (χ3v) is 5.94. The van der Waals surface area contributed by atoms with E-state index in [0.29, 0.717) is 5.25 Å². The third kappa shape index (κ3) is 2.99. The summed E-state index contributed by atoms with van der Waals surface area (Å²) in [6, 6.07) is 0.00713. The van der Waals surface area contributed by atoms with Crippen LogP contribution in [-0.4, -0.2) is 36.2 Å². The van der Waals surface area contributed by atoms with Gasteiger partial charge < -0.3 is 5.73 Å². The van der Waals surface area contributed by atoms with Crippen LogP contribution in [0.25, 0.3) is 0 Å². The van der Waals surface area contributed by atoms with Gasteiger partial charge in [-0.15, -0.1) is 0 Å². The molecule has 0 spiro atoms. The van der Waals surface area contributed by atoms with Gasteiger partial charge in [0.25, 0.3) is 0 Å². The maximum Gasteiger partial charge on any atom is 0.246 e. The van der Waals surface area contributed by atoms with Crippen molar-refractivity contribution in [1.29, 1.82) is 0 Å². The van der Waals surface area contributed by atoms with Crippen LogP contribution in [0.1, 0.15) is 25.7 Å². The molecule has 1 saturated carbocycles. The molecule has 0 aliphatic heterocycles. The lowest BCUT2D eigenvalue weighted by molar-refractivity contribution is 0.420. The van der Waals surface area contributed by atoms with Gasteiger partial charge in [0, 0.05) is 11.3 Å². The zero-order valence-electron chi connectivity index (χ0n) is 10.2. The molecule has 6 nitrogen and oxygen atoms in total. The van der Waals surface area contributed by atoms with Crippen molar-refractivity contribution in [3.8, 4) is 0 Å². The second-order valence-electron chi connectivity index (χ2n) is 4.48. The molecule has 1 aliphatic rings. The van der Waals surface area contributed by atoms with Gasteiger partial charge in [0.05, 0.1) is 6.20 Å². The lowest BCUT2D eigenvalue weighted by Gasteiger charge is -2.27. The number of aromatic amines is 1. The number of hydrogen-bond donors (Lipinski definition) is 3. The topological polar surface area (TPSA) is 101 Å². The van der Waals surface area contributed by atoms with Gasteiger partial charge in [0.1, 0.15) is 10.7 Å². The standard InChI is InChI=1S/C10H18N4O2S2/c1-17-8-4-2-7(3-5-8)14-18(15,16)9-6-12-13-10(9)11/h6-8,14H,2-5H2,1H3,(H3,11,12,13). The zero-order chi connectivity index (χ0) is 13.2. The number of nitrogens with one attached hydrogen (secondary N) is 2. The molecule has 1 heterocycles. The fourth-order valence-corrected chi connectivity index (χ4v) is 4.27. The number of aromatic nitrogens is 2. The summed E-state index contributed by atoms with van der Waals surface area (Å²) >= 11 is 1.85. The highest BCUT2D eigenvalue weighted by Crippen LogP contribution is 2.28. The Labute approximate surface area is 111 Å². The van der Waals surface area contributed by atoms with Gasteiger partial charge in [0.2, 0.25) is 10.0 Å². The lowest BCUT2D eigenvalue weighted by Crippen LogP contribution is -2.38. The highest BCUT2D eigenvalue weighted by molar-refractivity contribution is 7.99. The highest BCUT2D eigenvalue weighted by Gasteiger charge is 2.27. The minimum atomic E-state index is -3.55. The maximum absolute atomic E-state index is 12.1. The lowest BCUT2D eigenvalue weighted by atomic mass is 9.96. The molecule has 2 rings (SSSR count). The van der Waals surface area contributed by atoms with Crippen molar-refractivity contribution in [1.82, 2.24) is 14.9 Å². The molecule has 4 N–H and O–H groups in total. The average molecular weight is 290 g/mol. The van der Waals surface area contributed by atoms with Crippen molar-refractivity contribution in [3.05, 3.63) is 6.20 Å². The van der Waals surface area contributed by atoms with Crippen molar-refractivity contribution < 1.29 is 8.42 Å². The van der Waals surface area contributed by atoms with Gasteiger partial charge in [0.15, 0.2) is 0 Å². The number of thioether (sulfide) groups is 1. The van der Waals surface area contributed by atoms with Crippen LogP contribution >= 0.6 is 11.8 Å².